The van der Waals surface area contributed by atoms with Gasteiger partial charge in [-0.1, -0.05) is 44.2 Å². The quantitative estimate of drug-likeness (QED) is 0.216. The van der Waals surface area contributed by atoms with Crippen molar-refractivity contribution < 1.29 is 42.4 Å². The number of rotatable bonds is 11. The van der Waals surface area contributed by atoms with Gasteiger partial charge in [0, 0.05) is 24.3 Å². The molecule has 2 unspecified atom stereocenters. The average Bonchev–Trinajstić information content (AvgIpc) is 3.67. The Balaban J connectivity index is 1.37. The first-order valence-corrected chi connectivity index (χ1v) is 16.2. The van der Waals surface area contributed by atoms with Gasteiger partial charge < -0.3 is 35.1 Å². The number of carbonyl (C=O) groups is 2. The molecule has 3 heterocycles. The lowest BCUT2D eigenvalue weighted by molar-refractivity contribution is -0.110. The Morgan fingerprint density at radius 3 is 2.61 bits per heavy atom. The number of hydrogen-bond acceptors (Lipinski definition) is 9. The normalized spacial score (nSPS) is 23.7. The van der Waals surface area contributed by atoms with Crippen molar-refractivity contribution in [1.29, 1.82) is 0 Å². The van der Waals surface area contributed by atoms with Gasteiger partial charge in [0.1, 0.15) is 11.9 Å². The third kappa shape index (κ3) is 6.92. The van der Waals surface area contributed by atoms with Gasteiger partial charge in [-0.25, -0.2) is 13.2 Å². The highest BCUT2D eigenvalue weighted by molar-refractivity contribution is 7.89. The summed E-state index contributed by atoms with van der Waals surface area (Å²) in [5.41, 5.74) is 1.50. The molecule has 4 N–H and O–H groups in total. The lowest BCUT2D eigenvalue weighted by Gasteiger charge is -2.31. The zero-order chi connectivity index (χ0) is 31.6. The molecule has 2 aromatic carbocycles. The Bertz CT molecular complexity index is 1510. The maximum absolute atomic E-state index is 14.0. The number of hydrogen-bond donors (Lipinski definition) is 4. The fourth-order valence-electron chi connectivity index (χ4n) is 5.85. The smallest absolute Gasteiger partial charge is 0.407 e. The highest BCUT2D eigenvalue weighted by atomic mass is 32.2. The molecule has 44 heavy (non-hydrogen) atoms. The van der Waals surface area contributed by atoms with Crippen molar-refractivity contribution in [2.45, 2.75) is 63.0 Å². The van der Waals surface area contributed by atoms with E-state index in [0.717, 1.165) is 5.56 Å². The Labute approximate surface area is 257 Å². The molecule has 2 amide bonds. The van der Waals surface area contributed by atoms with Crippen LogP contribution in [0.1, 0.15) is 38.3 Å². The summed E-state index contributed by atoms with van der Waals surface area (Å²) in [5, 5.41) is 27.0. The van der Waals surface area contributed by atoms with Crippen LogP contribution < -0.4 is 10.6 Å². The van der Waals surface area contributed by atoms with E-state index >= 15 is 0 Å². The minimum absolute atomic E-state index is 0.00119. The summed E-state index contributed by atoms with van der Waals surface area (Å²) in [5.74, 6) is -0.912. The number of benzene rings is 2. The van der Waals surface area contributed by atoms with Crippen LogP contribution in [0.15, 0.2) is 59.2 Å². The summed E-state index contributed by atoms with van der Waals surface area (Å²) in [6.07, 6.45) is -2.00. The van der Waals surface area contributed by atoms with Gasteiger partial charge in [0.2, 0.25) is 10.0 Å². The van der Waals surface area contributed by atoms with Crippen LogP contribution >= 0.6 is 0 Å². The predicted octanol–water partition coefficient (Wildman–Crippen LogP) is 3.03. The van der Waals surface area contributed by atoms with E-state index in [1.807, 2.05) is 44.2 Å². The van der Waals surface area contributed by atoms with E-state index < -0.39 is 46.6 Å². The summed E-state index contributed by atoms with van der Waals surface area (Å²) in [7, 11) is -4.19. The van der Waals surface area contributed by atoms with Gasteiger partial charge in [0.15, 0.2) is 6.29 Å². The second kappa shape index (κ2) is 13.2. The topological polar surface area (TPSA) is 164 Å². The van der Waals surface area contributed by atoms with Crippen LogP contribution in [0.5, 0.6) is 0 Å². The number of sulfonamides is 1. The van der Waals surface area contributed by atoms with Crippen molar-refractivity contribution in [2.75, 3.05) is 31.6 Å². The molecule has 0 aliphatic carbocycles. The Hall–Kier alpha value is -3.49. The maximum Gasteiger partial charge on any atom is 0.407 e. The van der Waals surface area contributed by atoms with E-state index in [0.29, 0.717) is 18.7 Å². The first-order chi connectivity index (χ1) is 20.9. The average molecular weight is 630 g/mol. The Morgan fingerprint density at radius 2 is 1.91 bits per heavy atom. The van der Waals surface area contributed by atoms with Crippen LogP contribution in [-0.2, 0) is 35.4 Å². The van der Waals surface area contributed by atoms with E-state index in [1.54, 1.807) is 0 Å². The van der Waals surface area contributed by atoms with Crippen molar-refractivity contribution in [3.05, 3.63) is 65.4 Å². The molecule has 12 nitrogen and oxygen atoms in total. The lowest BCUT2D eigenvalue weighted by atomic mass is 10.0. The van der Waals surface area contributed by atoms with E-state index in [4.69, 9.17) is 14.2 Å². The molecule has 0 radical (unpaired) electrons. The molecule has 13 heteroatoms. The summed E-state index contributed by atoms with van der Waals surface area (Å²) in [4.78, 5) is 25.3. The van der Waals surface area contributed by atoms with Gasteiger partial charge >= 0.3 is 6.09 Å². The third-order valence-corrected chi connectivity index (χ3v) is 9.83. The van der Waals surface area contributed by atoms with Crippen molar-refractivity contribution in [1.82, 2.24) is 9.62 Å². The van der Waals surface area contributed by atoms with E-state index in [2.05, 4.69) is 10.6 Å². The molecule has 2 aromatic rings. The number of aliphatic hydroxyl groups excluding tert-OH is 2. The second-order valence-corrected chi connectivity index (χ2v) is 13.8. The molecule has 5 atom stereocenters. The van der Waals surface area contributed by atoms with Crippen LogP contribution in [0.25, 0.3) is 5.57 Å². The summed E-state index contributed by atoms with van der Waals surface area (Å²) < 4.78 is 45.9. The largest absolute Gasteiger partial charge is 0.512 e. The van der Waals surface area contributed by atoms with Gasteiger partial charge in [-0.2, -0.15) is 4.31 Å². The summed E-state index contributed by atoms with van der Waals surface area (Å²) in [6, 6.07) is 12.6. The number of amides is 2. The van der Waals surface area contributed by atoms with E-state index in [9.17, 15) is 28.2 Å². The van der Waals surface area contributed by atoms with Gasteiger partial charge in [-0.15, -0.1) is 0 Å². The standard InChI is InChI=1S/C31H39N3O9S/c1-18(2)15-34(44(39,40)21-9-10-24-23(14-21)28(19(3)35)29(37)32-24)16-26(36)25(13-20-7-5-4-6-8-20)33-31(38)43-27-17-42-30-22(27)11-12-41-30/h4-10,14,18,22,25-27,30,35-36H,11-13,15-17H2,1-3H3,(H,32,37)(H,33,38)/b28-19-/t22?,25-,26+,27-,30?/m0/s1. The number of ether oxygens (including phenoxy) is 3. The number of allylic oxidation sites excluding steroid dienone is 1. The molecule has 0 aromatic heterocycles. The molecule has 238 valence electrons. The molecule has 5 rings (SSSR count). The van der Waals surface area contributed by atoms with Crippen LogP contribution in [0.4, 0.5) is 10.5 Å². The van der Waals surface area contributed by atoms with Crippen LogP contribution in [-0.4, -0.2) is 85.8 Å². The molecule has 2 fully saturated rings. The molecule has 0 saturated carbocycles. The van der Waals surface area contributed by atoms with Gasteiger partial charge in [0.05, 0.1) is 41.7 Å². The van der Waals surface area contributed by atoms with Crippen molar-refractivity contribution in [3.8, 4) is 0 Å². The third-order valence-electron chi connectivity index (χ3n) is 8.00. The molecule has 2 saturated heterocycles. The zero-order valence-electron chi connectivity index (χ0n) is 24.9. The van der Waals surface area contributed by atoms with Crippen molar-refractivity contribution in [3.63, 3.8) is 0 Å². The highest BCUT2D eigenvalue weighted by Crippen LogP contribution is 2.36. The van der Waals surface area contributed by atoms with Gasteiger partial charge in [-0.3, -0.25) is 4.79 Å². The number of anilines is 1. The van der Waals surface area contributed by atoms with Crippen molar-refractivity contribution >= 4 is 33.3 Å². The molecule has 0 spiro atoms. The second-order valence-electron chi connectivity index (χ2n) is 11.8. The molecular formula is C31H39N3O9S. The number of fused-ring (bicyclic) bond motifs is 2. The number of carbonyl (C=O) groups excluding carboxylic acids is 2. The lowest BCUT2D eigenvalue weighted by Crippen LogP contribution is -2.51. The van der Waals surface area contributed by atoms with E-state index in [1.165, 1.54) is 29.4 Å². The Morgan fingerprint density at radius 1 is 1.16 bits per heavy atom. The molecule has 3 aliphatic rings. The fraction of sp³-hybridized carbons (Fsp3) is 0.484. The minimum Gasteiger partial charge on any atom is -0.512 e. The Kier molecular flexibility index (Phi) is 9.61. The fourth-order valence-corrected chi connectivity index (χ4v) is 7.50. The van der Waals surface area contributed by atoms with Gasteiger partial charge in [0.25, 0.3) is 5.91 Å². The molecular weight excluding hydrogens is 590 g/mol. The zero-order valence-corrected chi connectivity index (χ0v) is 25.7. The number of alkyl carbamates (subject to hydrolysis) is 1. The number of nitrogens with zero attached hydrogens (tertiary/aromatic N) is 1. The number of aliphatic hydroxyl groups is 2. The maximum atomic E-state index is 14.0. The summed E-state index contributed by atoms with van der Waals surface area (Å²) >= 11 is 0. The van der Waals surface area contributed by atoms with Crippen molar-refractivity contribution in [2.24, 2.45) is 11.8 Å². The monoisotopic (exact) mass is 629 g/mol. The first kappa shape index (κ1) is 31.9. The molecule has 0 bridgehead atoms. The van der Waals surface area contributed by atoms with Crippen LogP contribution in [0, 0.1) is 11.8 Å². The summed E-state index contributed by atoms with van der Waals surface area (Å²) in [6.45, 7) is 5.58. The SMILES string of the molecule is C/C(O)=C1/C(=O)Nc2ccc(S(=O)(=O)N(CC(C)C)C[C@@H](O)[C@H](Cc3ccccc3)NC(=O)O[C@H]3COC4OCCC43)cc21. The predicted molar refractivity (Wildman–Crippen MR) is 161 cm³/mol. The highest BCUT2D eigenvalue weighted by Gasteiger charge is 2.44. The number of nitrogens with one attached hydrogen (secondary N) is 2. The molecule has 3 aliphatic heterocycles. The van der Waals surface area contributed by atoms with Crippen LogP contribution in [0.2, 0.25) is 0 Å². The first-order valence-electron chi connectivity index (χ1n) is 14.7. The van der Waals surface area contributed by atoms with Gasteiger partial charge in [-0.05, 0) is 49.4 Å². The minimum atomic E-state index is -4.19. The van der Waals surface area contributed by atoms with E-state index in [-0.39, 0.29) is 59.7 Å². The van der Waals surface area contributed by atoms with Crippen LogP contribution in [0.3, 0.4) is 0 Å².